The predicted molar refractivity (Wildman–Crippen MR) is 170 cm³/mol. The third kappa shape index (κ3) is 7.46. The van der Waals surface area contributed by atoms with E-state index >= 15 is 0 Å². The number of H-pyrrole nitrogens is 2. The van der Waals surface area contributed by atoms with E-state index in [0.717, 1.165) is 32.9 Å². The molecule has 5 atom stereocenters. The lowest BCUT2D eigenvalue weighted by atomic mass is 9.95. The number of fused-ring (bicyclic) bond motifs is 2. The van der Waals surface area contributed by atoms with Crippen LogP contribution in [0.15, 0.2) is 60.9 Å². The van der Waals surface area contributed by atoms with Gasteiger partial charge in [-0.15, -0.1) is 0 Å². The molecule has 0 saturated carbocycles. The number of hydrogen-bond donors (Lipinski definition) is 7. The Morgan fingerprint density at radius 1 is 0.750 bits per heavy atom. The Balaban J connectivity index is 1.43. The van der Waals surface area contributed by atoms with Crippen molar-refractivity contribution in [3.63, 3.8) is 0 Å². The van der Waals surface area contributed by atoms with Crippen LogP contribution in [0.1, 0.15) is 45.2 Å². The Morgan fingerprint density at radius 3 is 1.77 bits per heavy atom. The lowest BCUT2D eigenvalue weighted by Gasteiger charge is -2.29. The summed E-state index contributed by atoms with van der Waals surface area (Å²) in [6.45, 7) is 7.25. The summed E-state index contributed by atoms with van der Waals surface area (Å²) in [4.78, 5) is 58.6. The summed E-state index contributed by atoms with van der Waals surface area (Å²) in [5, 5.41) is 19.9. The van der Waals surface area contributed by atoms with Gasteiger partial charge in [-0.3, -0.25) is 14.4 Å². The summed E-state index contributed by atoms with van der Waals surface area (Å²) in [7, 11) is 0. The number of nitrogens with two attached hydrogens (primary N) is 1. The van der Waals surface area contributed by atoms with E-state index in [-0.39, 0.29) is 24.7 Å². The first-order valence-corrected chi connectivity index (χ1v) is 15.0. The number of hydrogen-bond acceptors (Lipinski definition) is 5. The molecule has 4 rings (SSSR count). The van der Waals surface area contributed by atoms with Gasteiger partial charge in [0.15, 0.2) is 0 Å². The van der Waals surface area contributed by atoms with E-state index in [9.17, 15) is 24.3 Å². The van der Waals surface area contributed by atoms with E-state index in [1.165, 1.54) is 0 Å². The molecule has 0 bridgehead atoms. The molecule has 0 aliphatic carbocycles. The van der Waals surface area contributed by atoms with E-state index in [1.54, 1.807) is 20.0 Å². The number of aliphatic carboxylic acids is 1. The molecular formula is C33H42N6O5. The third-order valence-corrected chi connectivity index (χ3v) is 8.21. The number of para-hydroxylation sites is 2. The lowest BCUT2D eigenvalue weighted by molar-refractivity contribution is -0.142. The number of benzene rings is 2. The fourth-order valence-electron chi connectivity index (χ4n) is 5.35. The highest BCUT2D eigenvalue weighted by atomic mass is 16.4. The van der Waals surface area contributed by atoms with Crippen molar-refractivity contribution in [2.75, 3.05) is 0 Å². The minimum Gasteiger partial charge on any atom is -0.480 e. The number of carboxylic acids is 1. The van der Waals surface area contributed by atoms with Gasteiger partial charge in [0.25, 0.3) is 0 Å². The zero-order chi connectivity index (χ0) is 32.0. The largest absolute Gasteiger partial charge is 0.480 e. The molecule has 0 aliphatic heterocycles. The molecule has 11 heteroatoms. The van der Waals surface area contributed by atoms with Gasteiger partial charge in [0, 0.05) is 40.6 Å². The molecule has 5 unspecified atom stereocenters. The van der Waals surface area contributed by atoms with Crippen molar-refractivity contribution in [3.8, 4) is 0 Å². The van der Waals surface area contributed by atoms with Gasteiger partial charge in [-0.25, -0.2) is 4.79 Å². The van der Waals surface area contributed by atoms with E-state index in [1.807, 2.05) is 68.6 Å². The quantitative estimate of drug-likeness (QED) is 0.116. The Morgan fingerprint density at radius 2 is 1.25 bits per heavy atom. The standard InChI is InChI=1S/C33H42N6O5/c1-5-19(4)29(39-30(40)24(34)14-20-16-35-25-12-8-6-10-22(20)25)32(42)38-28(18(2)3)31(41)37-27(33(43)44)15-21-17-36-26-13-9-7-11-23(21)26/h6-13,16-19,24,27-29,35-36H,5,14-15,34H2,1-4H3,(H,37,41)(H,38,42)(H,39,40)(H,43,44). The number of carboxylic acid groups (broad SMARTS) is 1. The van der Waals surface area contributed by atoms with Crippen molar-refractivity contribution >= 4 is 45.5 Å². The first-order valence-electron chi connectivity index (χ1n) is 15.0. The number of aromatic nitrogens is 2. The number of rotatable bonds is 14. The van der Waals surface area contributed by atoms with Crippen LogP contribution in [0, 0.1) is 11.8 Å². The predicted octanol–water partition coefficient (Wildman–Crippen LogP) is 3.00. The van der Waals surface area contributed by atoms with E-state index in [2.05, 4.69) is 25.9 Å². The maximum Gasteiger partial charge on any atom is 0.326 e. The summed E-state index contributed by atoms with van der Waals surface area (Å²) in [5.41, 5.74) is 9.73. The van der Waals surface area contributed by atoms with Gasteiger partial charge in [-0.05, 0) is 41.5 Å². The Kier molecular flexibility index (Phi) is 10.4. The molecular weight excluding hydrogens is 560 g/mol. The van der Waals surface area contributed by atoms with Crippen molar-refractivity contribution in [1.82, 2.24) is 25.9 Å². The maximum atomic E-state index is 13.6. The van der Waals surface area contributed by atoms with Crippen molar-refractivity contribution in [2.45, 2.75) is 71.1 Å². The normalized spacial score (nSPS) is 15.0. The zero-order valence-electron chi connectivity index (χ0n) is 25.5. The Hall–Kier alpha value is -4.64. The van der Waals surface area contributed by atoms with Crippen LogP contribution in [0.4, 0.5) is 0 Å². The molecule has 4 aromatic rings. The van der Waals surface area contributed by atoms with Crippen LogP contribution in [0.25, 0.3) is 21.8 Å². The van der Waals surface area contributed by atoms with E-state index in [4.69, 9.17) is 5.73 Å². The molecule has 2 heterocycles. The lowest BCUT2D eigenvalue weighted by Crippen LogP contribution is -2.60. The van der Waals surface area contributed by atoms with Crippen LogP contribution in [-0.2, 0) is 32.0 Å². The highest BCUT2D eigenvalue weighted by molar-refractivity contribution is 5.95. The summed E-state index contributed by atoms with van der Waals surface area (Å²) >= 11 is 0. The van der Waals surface area contributed by atoms with Gasteiger partial charge in [-0.1, -0.05) is 70.5 Å². The molecule has 0 aliphatic rings. The second-order valence-electron chi connectivity index (χ2n) is 11.7. The SMILES string of the molecule is CCC(C)C(NC(=O)C(N)Cc1c[nH]c2ccccc12)C(=O)NC(C(=O)NC(Cc1c[nH]c2ccccc12)C(=O)O)C(C)C. The van der Waals surface area contributed by atoms with Gasteiger partial charge < -0.3 is 36.8 Å². The molecule has 2 aromatic heterocycles. The summed E-state index contributed by atoms with van der Waals surface area (Å²) in [6.07, 6.45) is 4.47. The Labute approximate surface area is 256 Å². The molecule has 0 fully saturated rings. The number of nitrogens with one attached hydrogen (secondary N) is 5. The second kappa shape index (κ2) is 14.2. The summed E-state index contributed by atoms with van der Waals surface area (Å²) in [6, 6.07) is 11.1. The van der Waals surface area contributed by atoms with Crippen molar-refractivity contribution in [2.24, 2.45) is 17.6 Å². The minimum absolute atomic E-state index is 0.0592. The molecule has 2 aromatic carbocycles. The topological polar surface area (TPSA) is 182 Å². The monoisotopic (exact) mass is 602 g/mol. The highest BCUT2D eigenvalue weighted by Crippen LogP contribution is 2.21. The van der Waals surface area contributed by atoms with Crippen molar-refractivity contribution in [1.29, 1.82) is 0 Å². The second-order valence-corrected chi connectivity index (χ2v) is 11.7. The van der Waals surface area contributed by atoms with Gasteiger partial charge >= 0.3 is 5.97 Å². The van der Waals surface area contributed by atoms with Crippen LogP contribution in [0.2, 0.25) is 0 Å². The Bertz CT molecular complexity index is 1620. The van der Waals surface area contributed by atoms with E-state index in [0.29, 0.717) is 6.42 Å². The average molecular weight is 603 g/mol. The van der Waals surface area contributed by atoms with Crippen LogP contribution < -0.4 is 21.7 Å². The molecule has 234 valence electrons. The fraction of sp³-hybridized carbons (Fsp3) is 0.394. The molecule has 0 saturated heterocycles. The molecule has 0 radical (unpaired) electrons. The van der Waals surface area contributed by atoms with Crippen molar-refractivity contribution < 1.29 is 24.3 Å². The van der Waals surface area contributed by atoms with Crippen LogP contribution in [0.5, 0.6) is 0 Å². The average Bonchev–Trinajstić information content (AvgIpc) is 3.61. The fourth-order valence-corrected chi connectivity index (χ4v) is 5.35. The molecule has 11 nitrogen and oxygen atoms in total. The highest BCUT2D eigenvalue weighted by Gasteiger charge is 2.34. The maximum absolute atomic E-state index is 13.6. The molecule has 44 heavy (non-hydrogen) atoms. The van der Waals surface area contributed by atoms with Crippen LogP contribution in [0.3, 0.4) is 0 Å². The van der Waals surface area contributed by atoms with Gasteiger partial charge in [0.1, 0.15) is 18.1 Å². The zero-order valence-corrected chi connectivity index (χ0v) is 25.5. The van der Waals surface area contributed by atoms with Gasteiger partial charge in [0.2, 0.25) is 17.7 Å². The number of amides is 3. The summed E-state index contributed by atoms with van der Waals surface area (Å²) < 4.78 is 0. The number of carbonyl (C=O) groups is 4. The van der Waals surface area contributed by atoms with Crippen LogP contribution >= 0.6 is 0 Å². The van der Waals surface area contributed by atoms with Crippen LogP contribution in [-0.4, -0.2) is 62.9 Å². The summed E-state index contributed by atoms with van der Waals surface area (Å²) in [5.74, 6) is -3.45. The first-order chi connectivity index (χ1) is 21.0. The molecule has 3 amide bonds. The smallest absolute Gasteiger partial charge is 0.326 e. The van der Waals surface area contributed by atoms with Gasteiger partial charge in [-0.2, -0.15) is 0 Å². The number of aromatic amines is 2. The third-order valence-electron chi connectivity index (χ3n) is 8.21. The first kappa shape index (κ1) is 32.3. The molecule has 0 spiro atoms. The van der Waals surface area contributed by atoms with Crippen molar-refractivity contribution in [3.05, 3.63) is 72.1 Å². The minimum atomic E-state index is -1.22. The van der Waals surface area contributed by atoms with E-state index < -0.39 is 47.9 Å². The van der Waals surface area contributed by atoms with Gasteiger partial charge in [0.05, 0.1) is 6.04 Å². The molecule has 8 N–H and O–H groups in total. The number of carbonyl (C=O) groups excluding carboxylic acids is 3.